The number of hydrogen-bond donors (Lipinski definition) is 0. The summed E-state index contributed by atoms with van der Waals surface area (Å²) in [7, 11) is 0. The molecular weight excluding hydrogens is 354 g/mol. The van der Waals surface area contributed by atoms with Crippen LogP contribution in [0.25, 0.3) is 11.6 Å². The average molecular weight is 372 g/mol. The van der Waals surface area contributed by atoms with Crippen molar-refractivity contribution in [1.29, 1.82) is 0 Å². The third-order valence-electron chi connectivity index (χ3n) is 4.53. The molecular formula is C18H18ClN5O2. The summed E-state index contributed by atoms with van der Waals surface area (Å²) in [5.74, 6) is 1.79. The molecule has 4 heterocycles. The minimum Gasteiger partial charge on any atom is -0.438 e. The van der Waals surface area contributed by atoms with Crippen molar-refractivity contribution in [2.24, 2.45) is 0 Å². The number of rotatable bonds is 4. The van der Waals surface area contributed by atoms with Crippen molar-refractivity contribution < 1.29 is 4.42 Å². The quantitative estimate of drug-likeness (QED) is 0.701. The zero-order valence-electron chi connectivity index (χ0n) is 14.3. The van der Waals surface area contributed by atoms with Crippen molar-refractivity contribution >= 4 is 17.4 Å². The first-order valence-electron chi connectivity index (χ1n) is 8.52. The Morgan fingerprint density at radius 2 is 2.04 bits per heavy atom. The van der Waals surface area contributed by atoms with Crippen LogP contribution in [0.4, 0.5) is 5.82 Å². The van der Waals surface area contributed by atoms with Crippen LogP contribution < -0.4 is 10.5 Å². The molecule has 1 saturated heterocycles. The summed E-state index contributed by atoms with van der Waals surface area (Å²) < 4.78 is 7.41. The van der Waals surface area contributed by atoms with Crippen LogP contribution in [0.2, 0.25) is 5.02 Å². The fourth-order valence-corrected chi connectivity index (χ4v) is 3.23. The van der Waals surface area contributed by atoms with E-state index in [9.17, 15) is 4.79 Å². The monoisotopic (exact) mass is 371 g/mol. The van der Waals surface area contributed by atoms with E-state index in [1.165, 1.54) is 18.9 Å². The minimum absolute atomic E-state index is 0.196. The van der Waals surface area contributed by atoms with Crippen molar-refractivity contribution in [3.05, 3.63) is 58.1 Å². The van der Waals surface area contributed by atoms with E-state index < -0.39 is 0 Å². The fraction of sp³-hybridized carbons (Fsp3) is 0.333. The summed E-state index contributed by atoms with van der Waals surface area (Å²) in [6, 6.07) is 2.73. The third-order valence-corrected chi connectivity index (χ3v) is 4.77. The molecule has 3 aromatic heterocycles. The van der Waals surface area contributed by atoms with Crippen LogP contribution in [0.15, 0.2) is 46.1 Å². The van der Waals surface area contributed by atoms with E-state index in [-0.39, 0.29) is 11.6 Å². The Hall–Kier alpha value is -2.67. The molecule has 26 heavy (non-hydrogen) atoms. The van der Waals surface area contributed by atoms with Crippen molar-refractivity contribution in [1.82, 2.24) is 19.5 Å². The van der Waals surface area contributed by atoms with Gasteiger partial charge < -0.3 is 13.9 Å². The zero-order valence-corrected chi connectivity index (χ0v) is 15.1. The first-order valence-corrected chi connectivity index (χ1v) is 8.90. The van der Waals surface area contributed by atoms with Crippen molar-refractivity contribution in [2.45, 2.75) is 25.8 Å². The van der Waals surface area contributed by atoms with Gasteiger partial charge in [-0.1, -0.05) is 11.6 Å². The van der Waals surface area contributed by atoms with E-state index in [0.29, 0.717) is 22.4 Å². The van der Waals surface area contributed by atoms with Gasteiger partial charge in [-0.2, -0.15) is 0 Å². The van der Waals surface area contributed by atoms with Gasteiger partial charge in [-0.05, 0) is 25.8 Å². The maximum absolute atomic E-state index is 12.1. The second-order valence-electron chi connectivity index (χ2n) is 6.29. The van der Waals surface area contributed by atoms with Gasteiger partial charge in [0, 0.05) is 30.4 Å². The molecule has 0 N–H and O–H groups in total. The molecule has 1 atom stereocenters. The van der Waals surface area contributed by atoms with E-state index in [1.54, 1.807) is 35.4 Å². The third kappa shape index (κ3) is 3.22. The standard InChI is InChI=1S/C18H18ClN5O2/c1-12(24-7-4-13(19)8-17(24)25)15-10-21-18(26-15)14-9-20-11-16(22-14)23-5-2-3-6-23/h4,7-12H,2-3,5-6H2,1H3. The molecule has 0 radical (unpaired) electrons. The zero-order chi connectivity index (χ0) is 18.1. The molecule has 0 saturated carbocycles. The van der Waals surface area contributed by atoms with Crippen molar-refractivity contribution in [3.63, 3.8) is 0 Å². The first-order chi connectivity index (χ1) is 12.6. The number of pyridine rings is 1. The highest BCUT2D eigenvalue weighted by molar-refractivity contribution is 6.30. The van der Waals surface area contributed by atoms with Crippen molar-refractivity contribution in [2.75, 3.05) is 18.0 Å². The molecule has 1 aliphatic heterocycles. The van der Waals surface area contributed by atoms with Crippen LogP contribution in [0, 0.1) is 0 Å². The molecule has 7 nitrogen and oxygen atoms in total. The van der Waals surface area contributed by atoms with E-state index >= 15 is 0 Å². The van der Waals surface area contributed by atoms with Gasteiger partial charge in [0.2, 0.25) is 5.89 Å². The van der Waals surface area contributed by atoms with E-state index in [1.807, 2.05) is 6.92 Å². The SMILES string of the molecule is CC(c1cnc(-c2cncc(N3CCCC3)n2)o1)n1ccc(Cl)cc1=O. The van der Waals surface area contributed by atoms with Crippen LogP contribution in [-0.4, -0.2) is 32.6 Å². The highest BCUT2D eigenvalue weighted by Gasteiger charge is 2.19. The van der Waals surface area contributed by atoms with Gasteiger partial charge in [0.1, 0.15) is 17.3 Å². The van der Waals surface area contributed by atoms with Crippen LogP contribution >= 0.6 is 11.6 Å². The normalized spacial score (nSPS) is 15.4. The molecule has 0 spiro atoms. The largest absolute Gasteiger partial charge is 0.438 e. The number of anilines is 1. The maximum atomic E-state index is 12.1. The Morgan fingerprint density at radius 3 is 2.81 bits per heavy atom. The first kappa shape index (κ1) is 16.8. The lowest BCUT2D eigenvalue weighted by atomic mass is 10.2. The summed E-state index contributed by atoms with van der Waals surface area (Å²) in [6.45, 7) is 3.85. The molecule has 1 aliphatic rings. The second-order valence-corrected chi connectivity index (χ2v) is 6.73. The molecule has 4 rings (SSSR count). The number of halogens is 1. The number of hydrogen-bond acceptors (Lipinski definition) is 6. The average Bonchev–Trinajstić information content (AvgIpc) is 3.33. The lowest BCUT2D eigenvalue weighted by Gasteiger charge is -2.15. The van der Waals surface area contributed by atoms with E-state index in [4.69, 9.17) is 16.0 Å². The van der Waals surface area contributed by atoms with Gasteiger partial charge in [-0.25, -0.2) is 9.97 Å². The van der Waals surface area contributed by atoms with Gasteiger partial charge in [-0.3, -0.25) is 9.78 Å². The number of aromatic nitrogens is 4. The Morgan fingerprint density at radius 1 is 1.23 bits per heavy atom. The van der Waals surface area contributed by atoms with Gasteiger partial charge in [0.25, 0.3) is 5.56 Å². The predicted octanol–water partition coefficient (Wildman–Crippen LogP) is 3.16. The molecule has 3 aromatic rings. The summed E-state index contributed by atoms with van der Waals surface area (Å²) in [5.41, 5.74) is 0.384. The molecule has 134 valence electrons. The number of nitrogens with zero attached hydrogens (tertiary/aromatic N) is 5. The lowest BCUT2D eigenvalue weighted by molar-refractivity contribution is 0.446. The highest BCUT2D eigenvalue weighted by atomic mass is 35.5. The van der Waals surface area contributed by atoms with Crippen molar-refractivity contribution in [3.8, 4) is 11.6 Å². The molecule has 8 heteroatoms. The van der Waals surface area contributed by atoms with Gasteiger partial charge in [0.05, 0.1) is 24.6 Å². The summed E-state index contributed by atoms with van der Waals surface area (Å²) >= 11 is 5.85. The molecule has 0 aliphatic carbocycles. The summed E-state index contributed by atoms with van der Waals surface area (Å²) in [4.78, 5) is 27.5. The molecule has 1 unspecified atom stereocenters. The molecule has 1 fully saturated rings. The molecule has 0 bridgehead atoms. The Bertz CT molecular complexity index is 977. The van der Waals surface area contributed by atoms with Crippen LogP contribution in [0.5, 0.6) is 0 Å². The van der Waals surface area contributed by atoms with E-state index in [0.717, 1.165) is 18.9 Å². The Labute approximate surface area is 155 Å². The minimum atomic E-state index is -0.309. The smallest absolute Gasteiger partial charge is 0.252 e. The molecule has 0 amide bonds. The fourth-order valence-electron chi connectivity index (χ4n) is 3.08. The highest BCUT2D eigenvalue weighted by Crippen LogP contribution is 2.25. The second kappa shape index (κ2) is 6.92. The topological polar surface area (TPSA) is 77.1 Å². The number of oxazole rings is 1. The lowest BCUT2D eigenvalue weighted by Crippen LogP contribution is -2.22. The van der Waals surface area contributed by atoms with Gasteiger partial charge >= 0.3 is 0 Å². The van der Waals surface area contributed by atoms with Gasteiger partial charge in [0.15, 0.2) is 0 Å². The maximum Gasteiger partial charge on any atom is 0.252 e. The molecule has 0 aromatic carbocycles. The predicted molar refractivity (Wildman–Crippen MR) is 98.5 cm³/mol. The summed E-state index contributed by atoms with van der Waals surface area (Å²) in [6.07, 6.45) is 8.99. The van der Waals surface area contributed by atoms with Crippen LogP contribution in [0.3, 0.4) is 0 Å². The van der Waals surface area contributed by atoms with E-state index in [2.05, 4.69) is 19.9 Å². The Balaban J connectivity index is 1.61. The van der Waals surface area contributed by atoms with Crippen LogP contribution in [-0.2, 0) is 0 Å². The Kier molecular flexibility index (Phi) is 4.46. The van der Waals surface area contributed by atoms with Crippen LogP contribution in [0.1, 0.15) is 31.6 Å². The summed E-state index contributed by atoms with van der Waals surface area (Å²) in [5, 5.41) is 0.408. The van der Waals surface area contributed by atoms with Gasteiger partial charge in [-0.15, -0.1) is 0 Å².